The Kier molecular flexibility index (Phi) is 25.8. The minimum atomic E-state index is -0.219. The molecule has 5 aliphatic rings. The van der Waals surface area contributed by atoms with Crippen LogP contribution in [0.15, 0.2) is 48.5 Å². The molecular weight excluding hydrogens is 1090 g/mol. The van der Waals surface area contributed by atoms with E-state index in [2.05, 4.69) is 104 Å². The van der Waals surface area contributed by atoms with E-state index in [4.69, 9.17) is 38.9 Å². The van der Waals surface area contributed by atoms with Gasteiger partial charge in [0.2, 0.25) is 0 Å². The van der Waals surface area contributed by atoms with Crippen LogP contribution in [-0.2, 0) is 40.6 Å². The van der Waals surface area contributed by atoms with Gasteiger partial charge in [0, 0.05) is 52.9 Å². The van der Waals surface area contributed by atoms with Crippen LogP contribution in [0.25, 0.3) is 0 Å². The number of aromatic nitrogens is 4. The van der Waals surface area contributed by atoms with E-state index in [1.807, 2.05) is 0 Å². The second-order valence-corrected chi connectivity index (χ2v) is 17.3. The van der Waals surface area contributed by atoms with Crippen molar-refractivity contribution in [1.82, 2.24) is 19.9 Å². The van der Waals surface area contributed by atoms with E-state index in [-0.39, 0.29) is 116 Å². The van der Waals surface area contributed by atoms with Gasteiger partial charge in [0.1, 0.15) is 0 Å². The van der Waals surface area contributed by atoms with Crippen molar-refractivity contribution in [2.75, 3.05) is 52.9 Å². The molecule has 9 heterocycles. The first-order valence-corrected chi connectivity index (χ1v) is 24.2. The van der Waals surface area contributed by atoms with Crippen LogP contribution >= 0.6 is 0 Å². The Morgan fingerprint density at radius 3 is 0.500 bits per heavy atom. The molecule has 0 atom stereocenters. The Balaban J connectivity index is 0.000000376. The van der Waals surface area contributed by atoms with Crippen LogP contribution in [0.1, 0.15) is 204 Å². The van der Waals surface area contributed by atoms with Crippen molar-refractivity contribution in [3.05, 3.63) is 94.1 Å². The zero-order valence-corrected chi connectivity index (χ0v) is 43.0. The van der Waals surface area contributed by atoms with Gasteiger partial charge in [-0.1, -0.05) is 104 Å². The molecule has 8 nitrogen and oxygen atoms in total. The fourth-order valence-corrected chi connectivity index (χ4v) is 10.0. The number of hydrogen-bond acceptors (Lipinski definition) is 4. The first kappa shape index (κ1) is 56.3. The minimum Gasteiger partial charge on any atom is -0.663 e. The average molecular weight is 1170 g/mol. The van der Waals surface area contributed by atoms with E-state index in [9.17, 15) is 0 Å². The molecule has 4 fully saturated rings. The van der Waals surface area contributed by atoms with Gasteiger partial charge in [-0.2, -0.15) is 45.6 Å². The molecule has 4 saturated heterocycles. The number of rotatable bonds is 8. The van der Waals surface area contributed by atoms with E-state index >= 15 is 0 Å². The van der Waals surface area contributed by atoms with Gasteiger partial charge in [0.25, 0.3) is 0 Å². The molecule has 4 aromatic rings. The van der Waals surface area contributed by atoms with Gasteiger partial charge in [-0.25, -0.2) is 0 Å². The van der Waals surface area contributed by atoms with E-state index in [1.54, 1.807) is 0 Å². The molecule has 4 aromatic heterocycles. The normalized spacial score (nSPS) is 19.7. The van der Waals surface area contributed by atoms with Crippen LogP contribution in [0.5, 0.6) is 0 Å². The third-order valence-electron chi connectivity index (χ3n) is 14.6. The predicted octanol–water partition coefficient (Wildman–Crippen LogP) is 11.4. The molecule has 5 aliphatic heterocycles. The second kappa shape index (κ2) is 28.4. The molecule has 0 radical (unpaired) electrons. The second-order valence-electron chi connectivity index (χ2n) is 17.3. The molecule has 0 aliphatic carbocycles. The summed E-state index contributed by atoms with van der Waals surface area (Å²) in [5.41, 5.74) is 8.28. The fourth-order valence-electron chi connectivity index (χ4n) is 10.0. The quantitative estimate of drug-likeness (QED) is 0.172. The zero-order valence-electron chi connectivity index (χ0n) is 39.5. The van der Waals surface area contributed by atoms with Crippen molar-refractivity contribution in [3.63, 3.8) is 0 Å². The van der Waals surface area contributed by atoms with Gasteiger partial charge in [-0.3, -0.25) is 0 Å². The van der Waals surface area contributed by atoms with Crippen molar-refractivity contribution in [2.24, 2.45) is 0 Å². The fraction of sp³-hybridized carbons (Fsp3) is 0.692. The molecule has 9 rings (SSSR count). The van der Waals surface area contributed by atoms with Gasteiger partial charge in [0.15, 0.2) is 0 Å². The molecule has 0 aromatic carbocycles. The van der Waals surface area contributed by atoms with Crippen LogP contribution in [0.2, 0.25) is 0 Å². The minimum absolute atomic E-state index is 0. The zero-order chi connectivity index (χ0) is 42.9. The average Bonchev–Trinajstić information content (AvgIpc) is 4.15. The van der Waals surface area contributed by atoms with E-state index in [1.165, 1.54) is 51.4 Å². The van der Waals surface area contributed by atoms with Crippen LogP contribution in [0.4, 0.5) is 0 Å². The molecule has 360 valence electrons. The van der Waals surface area contributed by atoms with E-state index < -0.39 is 0 Å². The van der Waals surface area contributed by atoms with Crippen molar-refractivity contribution in [3.8, 4) is 0 Å². The molecule has 0 amide bonds. The first-order valence-electron chi connectivity index (χ1n) is 24.2. The first-order chi connectivity index (χ1) is 29.3. The Morgan fingerprint density at radius 1 is 0.290 bits per heavy atom. The molecule has 0 spiro atoms. The van der Waals surface area contributed by atoms with Gasteiger partial charge in [0.05, 0.1) is 0 Å². The van der Waals surface area contributed by atoms with Crippen molar-refractivity contribution >= 4 is 0 Å². The summed E-state index contributed by atoms with van der Waals surface area (Å²) in [6.45, 7) is 26.3. The molecule has 10 heteroatoms. The number of fused-ring (bicyclic) bond motifs is 8. The van der Waals surface area contributed by atoms with Gasteiger partial charge < -0.3 is 38.9 Å². The van der Waals surface area contributed by atoms with Crippen molar-refractivity contribution in [1.29, 1.82) is 0 Å². The summed E-state index contributed by atoms with van der Waals surface area (Å²) in [5, 5.41) is 0. The maximum absolute atomic E-state index is 5.47. The maximum atomic E-state index is 5.47. The Labute approximate surface area is 454 Å². The number of hydrogen-bond donors (Lipinski definition) is 0. The summed E-state index contributed by atoms with van der Waals surface area (Å²) in [7, 11) is 0. The standard InChI is InChI=1S/C36H48N4.4C4H8O.2Yb/c1-9-33(10-2)25-17-19-27(37-25)34(11-3,12-4)29-21-23-31(39-29)36(15-7,16-8)32-24-22-30(40-32)35(13-5,14-6)28-20-18-26(33)38-28;4*1-2-4-5-3-1;;/h17-24H,9-16H2,1-8H3;4*1-4H2;;/q-4;;;;;2*+2. The molecule has 0 N–H and O–H groups in total. The third-order valence-corrected chi connectivity index (χ3v) is 14.6. The summed E-state index contributed by atoms with van der Waals surface area (Å²) in [6.07, 6.45) is 17.9. The molecule has 0 unspecified atom stereocenters. The Hall–Kier alpha value is -0.00104. The molecule has 62 heavy (non-hydrogen) atoms. The Bertz CT molecular complexity index is 1390. The van der Waals surface area contributed by atoms with E-state index in [0.717, 1.165) is 150 Å². The maximum Gasteiger partial charge on any atom is 2.00 e. The van der Waals surface area contributed by atoms with Crippen LogP contribution in [-0.4, -0.2) is 52.9 Å². The van der Waals surface area contributed by atoms with Crippen molar-refractivity contribution in [2.45, 2.75) is 180 Å². The van der Waals surface area contributed by atoms with E-state index in [0.29, 0.717) is 0 Å². The monoisotopic (exact) mass is 1170 g/mol. The van der Waals surface area contributed by atoms with Crippen LogP contribution in [0.3, 0.4) is 0 Å². The summed E-state index contributed by atoms with van der Waals surface area (Å²) in [6, 6.07) is 18.2. The summed E-state index contributed by atoms with van der Waals surface area (Å²) in [5.74, 6) is 0. The van der Waals surface area contributed by atoms with Gasteiger partial charge in [-0.05, 0) is 124 Å². The summed E-state index contributed by atoms with van der Waals surface area (Å²) in [4.78, 5) is 21.9. The topological polar surface area (TPSA) is 93.3 Å². The Morgan fingerprint density at radius 2 is 0.419 bits per heavy atom. The smallest absolute Gasteiger partial charge is 0.663 e. The predicted molar refractivity (Wildman–Crippen MR) is 245 cm³/mol. The van der Waals surface area contributed by atoms with Gasteiger partial charge >= 0.3 is 93.8 Å². The summed E-state index contributed by atoms with van der Waals surface area (Å²) < 4.78 is 19.8. The van der Waals surface area contributed by atoms with Gasteiger partial charge in [-0.15, -0.1) is 0 Å². The SMILES string of the molecule is C1CCOC1.C1CCOC1.C1CCOC1.C1CCOC1.CCC1(CC)c2ccc([n-]2)C(CC)(CC)c2ccc([n-]2)C(CC)(CC)c2ccc([n-]2)C(CC)(CC)c2ccc1[n-]2.[Yb+2].[Yb+2]. The summed E-state index contributed by atoms with van der Waals surface area (Å²) >= 11 is 0. The number of nitrogens with zero attached hydrogens (tertiary/aromatic N) is 4. The molecule has 0 saturated carbocycles. The largest absolute Gasteiger partial charge is 2.00 e. The van der Waals surface area contributed by atoms with Crippen LogP contribution < -0.4 is 19.9 Å². The number of ether oxygens (including phenoxy) is 4. The van der Waals surface area contributed by atoms with Crippen LogP contribution in [0, 0.1) is 93.8 Å². The third kappa shape index (κ3) is 12.7. The van der Waals surface area contributed by atoms with Crippen molar-refractivity contribution < 1.29 is 113 Å². The molecule has 8 bridgehead atoms. The molecular formula is C52H80N4O4Yb2.